The highest BCUT2D eigenvalue weighted by Gasteiger charge is 2.12. The molecular formula is C15H13ClN6. The van der Waals surface area contributed by atoms with Crippen LogP contribution in [0.1, 0.15) is 5.56 Å². The van der Waals surface area contributed by atoms with E-state index in [2.05, 4.69) is 20.2 Å². The molecule has 0 radical (unpaired) electrons. The number of aromatic nitrogens is 6. The van der Waals surface area contributed by atoms with Gasteiger partial charge in [-0.15, -0.1) is 0 Å². The van der Waals surface area contributed by atoms with E-state index in [4.69, 9.17) is 11.6 Å². The smallest absolute Gasteiger partial charge is 0.177 e. The maximum Gasteiger partial charge on any atom is 0.177 e. The summed E-state index contributed by atoms with van der Waals surface area (Å²) in [5.41, 5.74) is 3.66. The van der Waals surface area contributed by atoms with Gasteiger partial charge in [-0.05, 0) is 11.6 Å². The molecule has 0 aliphatic heterocycles. The van der Waals surface area contributed by atoms with Crippen molar-refractivity contribution in [2.24, 2.45) is 7.05 Å². The van der Waals surface area contributed by atoms with Crippen LogP contribution in [0.25, 0.3) is 22.6 Å². The van der Waals surface area contributed by atoms with Crippen molar-refractivity contribution in [3.8, 4) is 11.4 Å². The molecule has 0 atom stereocenters. The molecule has 6 nitrogen and oxygen atoms in total. The molecule has 0 amide bonds. The minimum Gasteiger partial charge on any atom is -0.335 e. The molecule has 22 heavy (non-hydrogen) atoms. The molecule has 0 unspecified atom stereocenters. The lowest BCUT2D eigenvalue weighted by molar-refractivity contribution is 0.705. The first-order valence-corrected chi connectivity index (χ1v) is 7.22. The third-order valence-corrected chi connectivity index (χ3v) is 3.91. The van der Waals surface area contributed by atoms with Crippen LogP contribution < -0.4 is 0 Å². The van der Waals surface area contributed by atoms with E-state index in [1.807, 2.05) is 42.2 Å². The maximum atomic E-state index is 6.22. The predicted octanol–water partition coefficient (Wildman–Crippen LogP) is 2.86. The molecule has 3 heterocycles. The highest BCUT2D eigenvalue weighted by atomic mass is 35.5. The summed E-state index contributed by atoms with van der Waals surface area (Å²) >= 11 is 6.22. The van der Waals surface area contributed by atoms with Crippen molar-refractivity contribution in [3.63, 3.8) is 0 Å². The lowest BCUT2D eigenvalue weighted by Gasteiger charge is -2.04. The molecule has 0 spiro atoms. The zero-order valence-corrected chi connectivity index (χ0v) is 12.6. The van der Waals surface area contributed by atoms with Crippen LogP contribution in [0.2, 0.25) is 5.02 Å². The summed E-state index contributed by atoms with van der Waals surface area (Å²) in [6.07, 6.45) is 5.48. The van der Waals surface area contributed by atoms with Crippen LogP contribution in [0.15, 0.2) is 42.9 Å². The van der Waals surface area contributed by atoms with Crippen LogP contribution >= 0.6 is 11.6 Å². The van der Waals surface area contributed by atoms with Crippen molar-refractivity contribution in [2.45, 2.75) is 6.54 Å². The Morgan fingerprint density at radius 3 is 2.82 bits per heavy atom. The van der Waals surface area contributed by atoms with Gasteiger partial charge in [0.15, 0.2) is 5.65 Å². The Balaban J connectivity index is 1.73. The zero-order chi connectivity index (χ0) is 15.1. The molecule has 0 saturated heterocycles. The molecule has 3 aromatic heterocycles. The van der Waals surface area contributed by atoms with Gasteiger partial charge in [-0.1, -0.05) is 29.8 Å². The van der Waals surface area contributed by atoms with E-state index in [-0.39, 0.29) is 0 Å². The number of rotatable bonds is 3. The first-order valence-electron chi connectivity index (χ1n) is 6.84. The predicted molar refractivity (Wildman–Crippen MR) is 84.6 cm³/mol. The number of hydrogen-bond acceptors (Lipinski definition) is 3. The van der Waals surface area contributed by atoms with Crippen molar-refractivity contribution in [2.75, 3.05) is 0 Å². The Hall–Kier alpha value is -2.60. The molecule has 0 aliphatic carbocycles. The van der Waals surface area contributed by atoms with Gasteiger partial charge in [0, 0.05) is 18.3 Å². The Morgan fingerprint density at radius 2 is 2.05 bits per heavy atom. The summed E-state index contributed by atoms with van der Waals surface area (Å²) in [7, 11) is 1.88. The van der Waals surface area contributed by atoms with E-state index in [9.17, 15) is 0 Å². The molecular weight excluding hydrogens is 300 g/mol. The Morgan fingerprint density at radius 1 is 1.18 bits per heavy atom. The summed E-state index contributed by atoms with van der Waals surface area (Å²) in [5.74, 6) is 0.786. The van der Waals surface area contributed by atoms with Gasteiger partial charge in [0.25, 0.3) is 0 Å². The lowest BCUT2D eigenvalue weighted by atomic mass is 10.2. The number of nitrogens with one attached hydrogen (secondary N) is 1. The molecule has 4 rings (SSSR count). The molecule has 110 valence electrons. The number of fused-ring (bicyclic) bond motifs is 1. The molecule has 1 N–H and O–H groups in total. The minimum atomic E-state index is 0.584. The van der Waals surface area contributed by atoms with Crippen molar-refractivity contribution in [1.29, 1.82) is 0 Å². The summed E-state index contributed by atoms with van der Waals surface area (Å²) in [5, 5.41) is 9.27. The first-order chi connectivity index (χ1) is 10.7. The van der Waals surface area contributed by atoms with Crippen LogP contribution in [0.4, 0.5) is 0 Å². The van der Waals surface area contributed by atoms with E-state index in [0.717, 1.165) is 33.1 Å². The molecule has 0 fully saturated rings. The number of imidazole rings is 1. The fourth-order valence-electron chi connectivity index (χ4n) is 2.43. The second-order valence-corrected chi connectivity index (χ2v) is 5.53. The topological polar surface area (TPSA) is 64.3 Å². The van der Waals surface area contributed by atoms with Crippen LogP contribution in [0.5, 0.6) is 0 Å². The number of benzene rings is 1. The van der Waals surface area contributed by atoms with E-state index in [1.165, 1.54) is 0 Å². The fraction of sp³-hybridized carbons (Fsp3) is 0.133. The van der Waals surface area contributed by atoms with Crippen LogP contribution in [0.3, 0.4) is 0 Å². The van der Waals surface area contributed by atoms with E-state index >= 15 is 0 Å². The third kappa shape index (κ3) is 2.17. The normalized spacial score (nSPS) is 11.4. The third-order valence-electron chi connectivity index (χ3n) is 3.54. The summed E-state index contributed by atoms with van der Waals surface area (Å²) in [6, 6.07) is 7.75. The number of aromatic amines is 1. The molecule has 4 aromatic rings. The van der Waals surface area contributed by atoms with Crippen molar-refractivity contribution >= 4 is 22.8 Å². The van der Waals surface area contributed by atoms with Gasteiger partial charge in [0.05, 0.1) is 24.5 Å². The van der Waals surface area contributed by atoms with Gasteiger partial charge in [0.2, 0.25) is 0 Å². The minimum absolute atomic E-state index is 0.584. The number of aryl methyl sites for hydroxylation is 1. The van der Waals surface area contributed by atoms with Gasteiger partial charge in [0.1, 0.15) is 11.3 Å². The number of H-pyrrole nitrogens is 1. The van der Waals surface area contributed by atoms with Gasteiger partial charge in [-0.2, -0.15) is 10.2 Å². The van der Waals surface area contributed by atoms with Crippen LogP contribution in [-0.4, -0.2) is 29.5 Å². The lowest BCUT2D eigenvalue weighted by Crippen LogP contribution is -2.02. The van der Waals surface area contributed by atoms with Gasteiger partial charge >= 0.3 is 0 Å². The fourth-order valence-corrected chi connectivity index (χ4v) is 2.63. The van der Waals surface area contributed by atoms with E-state index in [1.54, 1.807) is 17.1 Å². The summed E-state index contributed by atoms with van der Waals surface area (Å²) < 4.78 is 3.59. The largest absolute Gasteiger partial charge is 0.335 e. The molecule has 1 aromatic carbocycles. The Bertz CT molecular complexity index is 948. The zero-order valence-electron chi connectivity index (χ0n) is 11.9. The number of halogens is 1. The molecule has 0 aliphatic rings. The van der Waals surface area contributed by atoms with Gasteiger partial charge in [-0.25, -0.2) is 9.67 Å². The monoisotopic (exact) mass is 312 g/mol. The highest BCUT2D eigenvalue weighted by molar-refractivity contribution is 6.31. The summed E-state index contributed by atoms with van der Waals surface area (Å²) in [6.45, 7) is 0.584. The maximum absolute atomic E-state index is 6.22. The highest BCUT2D eigenvalue weighted by Crippen LogP contribution is 2.22. The number of nitrogens with zero attached hydrogens (tertiary/aromatic N) is 5. The van der Waals surface area contributed by atoms with Gasteiger partial charge < -0.3 is 4.98 Å². The van der Waals surface area contributed by atoms with Crippen molar-refractivity contribution in [1.82, 2.24) is 29.5 Å². The average molecular weight is 313 g/mol. The van der Waals surface area contributed by atoms with E-state index in [0.29, 0.717) is 6.54 Å². The Labute approximate surface area is 131 Å². The van der Waals surface area contributed by atoms with E-state index < -0.39 is 0 Å². The average Bonchev–Trinajstić information content (AvgIpc) is 3.18. The Kier molecular flexibility index (Phi) is 2.97. The van der Waals surface area contributed by atoms with Gasteiger partial charge in [-0.3, -0.25) is 4.68 Å². The SMILES string of the molecule is Cn1cc(-c2nc3c(cnn3Cc3ccccc3Cl)[nH]2)cn1. The molecule has 0 saturated carbocycles. The molecule has 7 heteroatoms. The second-order valence-electron chi connectivity index (χ2n) is 5.12. The quantitative estimate of drug-likeness (QED) is 0.632. The van der Waals surface area contributed by atoms with Crippen molar-refractivity contribution in [3.05, 3.63) is 53.4 Å². The molecule has 0 bridgehead atoms. The standard InChI is InChI=1S/C15H13ClN6/c1-21-8-11(6-17-21)14-19-13-7-18-22(15(13)20-14)9-10-4-2-3-5-12(10)16/h2-8H,9H2,1H3,(H,19,20). The number of hydrogen-bond donors (Lipinski definition) is 1. The second kappa shape index (κ2) is 4.99. The van der Waals surface area contributed by atoms with Crippen molar-refractivity contribution < 1.29 is 0 Å². The van der Waals surface area contributed by atoms with Crippen LogP contribution in [0, 0.1) is 0 Å². The van der Waals surface area contributed by atoms with Crippen LogP contribution in [-0.2, 0) is 13.6 Å². The summed E-state index contributed by atoms with van der Waals surface area (Å²) in [4.78, 5) is 7.90. The first kappa shape index (κ1) is 13.1.